The second kappa shape index (κ2) is 54.8. The van der Waals surface area contributed by atoms with Gasteiger partial charge in [0.2, 0.25) is 0 Å². The average Bonchev–Trinajstić information content (AvgIpc) is 1.62. The standard InChI is InChI=1S/C32H45N5O2.C31H42FN5O.C31H44N4O2.C30H42N4O/c1-25-6-11-30-29(24-25)31(26(2)37(30)14-5-13-34-18-16-33(3)17-19-34)32(38)36-22-20-35(21-23-36)15-12-27-7-9-28(39-4)10-8-27;1-24-5-10-29-28(23-24)30(25(2)37(29)13-4-12-34-17-15-33(3)16-18-34)31(38)36-21-19-35(20-22-36)14-11-26-6-8-27(32)9-7-26;1-6-32(7-2)15-9-16-35-25(4)30(28-22-24(3)12-13-29(28)35)31(36)34-20-18-33(19-21-34)17-14-26-10-8-11-27(23-26)37-5;1-5-31(6-2)16-10-17-34-25(4)29(27-23-24(3)13-14-28(27)34)30(35)33-21-19-32(20-22-33)18-15-26-11-8-7-9-12-26/h6-11,24H,5,12-23H2,1-4H3;5-10,23H,4,11-22H2,1-3H3;8,10-13,22-23H,6-7,9,14-21H2,1-5H3;7-9,11-14,23H,5-6,10,15-22H2,1-4H3. The van der Waals surface area contributed by atoms with Crippen LogP contribution in [-0.2, 0) is 51.9 Å². The van der Waals surface area contributed by atoms with Gasteiger partial charge in [-0.1, -0.05) is 141 Å². The highest BCUT2D eigenvalue weighted by Crippen LogP contribution is 2.36. The molecule has 149 heavy (non-hydrogen) atoms. The third-order valence-electron chi connectivity index (χ3n) is 32.7. The Morgan fingerprint density at radius 3 is 0.846 bits per heavy atom. The lowest BCUT2D eigenvalue weighted by molar-refractivity contribution is 0.0633. The Morgan fingerprint density at radius 1 is 0.275 bits per heavy atom. The van der Waals surface area contributed by atoms with E-state index in [1.807, 2.05) is 35.2 Å². The van der Waals surface area contributed by atoms with E-state index in [1.54, 1.807) is 14.2 Å². The molecule has 0 aliphatic carbocycles. The molecule has 25 heteroatoms. The Kier molecular flexibility index (Phi) is 41.2. The zero-order valence-corrected chi connectivity index (χ0v) is 93.1. The van der Waals surface area contributed by atoms with Crippen molar-refractivity contribution in [2.45, 2.75) is 161 Å². The maximum atomic E-state index is 13.9. The number of carbonyl (C=O) groups excluding carboxylic acids is 4. The molecule has 6 aliphatic heterocycles. The average molecular weight is 2030 g/mol. The number of aryl methyl sites for hydroxylation is 8. The van der Waals surface area contributed by atoms with E-state index < -0.39 is 0 Å². The monoisotopic (exact) mass is 2030 g/mol. The second-order valence-electron chi connectivity index (χ2n) is 42.6. The fraction of sp³-hybridized carbons (Fsp3) is 0.516. The molecular formula is C124H173FN18O6. The van der Waals surface area contributed by atoms with E-state index in [9.17, 15) is 23.6 Å². The summed E-state index contributed by atoms with van der Waals surface area (Å²) >= 11 is 0. The number of aromatic nitrogens is 4. The molecule has 0 bridgehead atoms. The lowest BCUT2D eigenvalue weighted by Gasteiger charge is -2.35. The predicted molar refractivity (Wildman–Crippen MR) is 611 cm³/mol. The van der Waals surface area contributed by atoms with Crippen molar-refractivity contribution in [3.8, 4) is 11.5 Å². The van der Waals surface area contributed by atoms with Crippen LogP contribution >= 0.6 is 0 Å². The molecule has 18 rings (SSSR count). The number of fused-ring (bicyclic) bond motifs is 4. The van der Waals surface area contributed by atoms with Crippen molar-refractivity contribution in [1.29, 1.82) is 0 Å². The lowest BCUT2D eigenvalue weighted by Crippen LogP contribution is -2.49. The molecule has 6 aliphatic rings. The highest BCUT2D eigenvalue weighted by molar-refractivity contribution is 6.11. The van der Waals surface area contributed by atoms with Crippen LogP contribution in [0.5, 0.6) is 11.5 Å². The number of halogens is 1. The summed E-state index contributed by atoms with van der Waals surface area (Å²) in [6.07, 6.45) is 8.32. The Morgan fingerprint density at radius 2 is 0.544 bits per heavy atom. The Bertz CT molecular complexity index is 6310. The number of ether oxygens (including phenoxy) is 2. The van der Waals surface area contributed by atoms with Gasteiger partial charge < -0.3 is 76.7 Å². The molecule has 10 heterocycles. The molecule has 0 N–H and O–H groups in total. The molecule has 802 valence electrons. The number of likely N-dealkylation sites (N-methyl/N-ethyl adjacent to an activating group) is 2. The van der Waals surface area contributed by atoms with E-state index in [0.29, 0.717) is 0 Å². The molecule has 4 aromatic heterocycles. The van der Waals surface area contributed by atoms with Crippen molar-refractivity contribution in [3.63, 3.8) is 0 Å². The highest BCUT2D eigenvalue weighted by atomic mass is 19.1. The molecule has 12 aromatic rings. The topological polar surface area (TPSA) is 152 Å². The number of hydrogen-bond acceptors (Lipinski definition) is 16. The van der Waals surface area contributed by atoms with Gasteiger partial charge >= 0.3 is 0 Å². The quantitative estimate of drug-likeness (QED) is 0.0360. The summed E-state index contributed by atoms with van der Waals surface area (Å²) in [6, 6.07) is 60.4. The van der Waals surface area contributed by atoms with Crippen LogP contribution in [0.4, 0.5) is 4.39 Å². The first-order chi connectivity index (χ1) is 72.3. The van der Waals surface area contributed by atoms with Crippen molar-refractivity contribution in [1.82, 2.24) is 86.9 Å². The summed E-state index contributed by atoms with van der Waals surface area (Å²) < 4.78 is 33.3. The first-order valence-electron chi connectivity index (χ1n) is 56.0. The summed E-state index contributed by atoms with van der Waals surface area (Å²) in [6.45, 7) is 65.0. The van der Waals surface area contributed by atoms with Crippen molar-refractivity contribution >= 4 is 67.2 Å². The Balaban J connectivity index is 0.000000149. The van der Waals surface area contributed by atoms with Gasteiger partial charge in [0.15, 0.2) is 0 Å². The fourth-order valence-corrected chi connectivity index (χ4v) is 23.0. The van der Waals surface area contributed by atoms with Crippen LogP contribution in [0.15, 0.2) is 176 Å². The third kappa shape index (κ3) is 29.5. The van der Waals surface area contributed by atoms with Crippen LogP contribution in [-0.4, -0.2) is 374 Å². The molecule has 8 aromatic carbocycles. The van der Waals surface area contributed by atoms with E-state index in [2.05, 4.69) is 313 Å². The number of hydrogen-bond donors (Lipinski definition) is 0. The number of benzene rings is 8. The maximum Gasteiger partial charge on any atom is 0.256 e. The van der Waals surface area contributed by atoms with Crippen LogP contribution in [0, 0.1) is 61.2 Å². The van der Waals surface area contributed by atoms with E-state index in [0.717, 1.165) is 397 Å². The van der Waals surface area contributed by atoms with Gasteiger partial charge in [-0.05, 0) is 280 Å². The van der Waals surface area contributed by atoms with Gasteiger partial charge in [-0.25, -0.2) is 4.39 Å². The molecule has 0 unspecified atom stereocenters. The zero-order valence-electron chi connectivity index (χ0n) is 93.1. The molecule has 0 spiro atoms. The van der Waals surface area contributed by atoms with Crippen molar-refractivity contribution in [3.05, 3.63) is 271 Å². The minimum Gasteiger partial charge on any atom is -0.497 e. The Hall–Kier alpha value is -11.1. The van der Waals surface area contributed by atoms with Crippen LogP contribution in [0.3, 0.4) is 0 Å². The van der Waals surface area contributed by atoms with Crippen LogP contribution in [0.1, 0.15) is 162 Å². The lowest BCUT2D eigenvalue weighted by atomic mass is 10.1. The minimum atomic E-state index is -0.192. The van der Waals surface area contributed by atoms with Gasteiger partial charge in [0.25, 0.3) is 23.6 Å². The third-order valence-corrected chi connectivity index (χ3v) is 32.7. The van der Waals surface area contributed by atoms with E-state index in [-0.39, 0.29) is 29.4 Å². The van der Waals surface area contributed by atoms with Crippen LogP contribution in [0.25, 0.3) is 43.6 Å². The summed E-state index contributed by atoms with van der Waals surface area (Å²) in [7, 11) is 7.81. The minimum absolute atomic E-state index is 0.161. The number of nitrogens with zero attached hydrogens (tertiary/aromatic N) is 18. The maximum absolute atomic E-state index is 13.9. The van der Waals surface area contributed by atoms with E-state index >= 15 is 0 Å². The normalized spacial score (nSPS) is 16.3. The van der Waals surface area contributed by atoms with Crippen molar-refractivity contribution < 1.29 is 33.0 Å². The molecular weight excluding hydrogens is 1860 g/mol. The van der Waals surface area contributed by atoms with E-state index in [4.69, 9.17) is 9.47 Å². The van der Waals surface area contributed by atoms with Gasteiger partial charge in [-0.15, -0.1) is 0 Å². The van der Waals surface area contributed by atoms with Crippen LogP contribution in [0.2, 0.25) is 0 Å². The molecule has 6 fully saturated rings. The molecule has 24 nitrogen and oxygen atoms in total. The van der Waals surface area contributed by atoms with Gasteiger partial charge in [0.05, 0.1) is 36.5 Å². The summed E-state index contributed by atoms with van der Waals surface area (Å²) in [5.41, 5.74) is 22.7. The molecule has 0 radical (unpaired) electrons. The Labute approximate surface area is 889 Å². The second-order valence-corrected chi connectivity index (χ2v) is 42.6. The number of carbonyl (C=O) groups is 4. The zero-order chi connectivity index (χ0) is 105. The summed E-state index contributed by atoms with van der Waals surface area (Å²) in [4.78, 5) is 88.4. The van der Waals surface area contributed by atoms with Crippen molar-refractivity contribution in [2.24, 2.45) is 0 Å². The van der Waals surface area contributed by atoms with Crippen LogP contribution < -0.4 is 9.47 Å². The first kappa shape index (κ1) is 112. The highest BCUT2D eigenvalue weighted by Gasteiger charge is 2.34. The SMILES string of the molecule is CCN(CC)CCCn1c(C)c(C(=O)N2CCN(CCc3cccc(OC)c3)CC2)c2cc(C)ccc21.CCN(CC)CCCn1c(C)c(C(=O)N2CCN(CCc3ccccc3)CC2)c2cc(C)ccc21.COc1ccc(CCN2CCN(C(=O)c3c(C)n(CCCN4CCN(C)CC4)c4ccc(C)cc34)CC2)cc1.Cc1ccc2c(c1)c(C(=O)N1CCN(CCc3ccc(F)cc3)CC1)c(C)n2CCCN1CCN(C)CC1. The van der Waals surface area contributed by atoms with Gasteiger partial charge in [-0.2, -0.15) is 0 Å². The smallest absolute Gasteiger partial charge is 0.256 e. The summed E-state index contributed by atoms with van der Waals surface area (Å²) in [5, 5.41) is 4.41. The first-order valence-corrected chi connectivity index (χ1v) is 56.0. The summed E-state index contributed by atoms with van der Waals surface area (Å²) in [5.74, 6) is 2.34. The molecule has 6 saturated heterocycles. The molecule has 0 atom stereocenters. The number of methoxy groups -OCH3 is 2. The van der Waals surface area contributed by atoms with E-state index in [1.165, 1.54) is 73.1 Å². The molecule has 0 saturated carbocycles. The van der Waals surface area contributed by atoms with Gasteiger partial charge in [0, 0.05) is 276 Å². The predicted octanol–water partition coefficient (Wildman–Crippen LogP) is 17.9. The van der Waals surface area contributed by atoms with Gasteiger partial charge in [-0.3, -0.25) is 38.8 Å². The van der Waals surface area contributed by atoms with Crippen molar-refractivity contribution in [2.75, 3.05) is 264 Å². The molecule has 4 amide bonds. The number of rotatable bonds is 38. The fourth-order valence-electron chi connectivity index (χ4n) is 23.0. The number of piperazine rings is 6. The number of amides is 4. The largest absolute Gasteiger partial charge is 0.497 e. The van der Waals surface area contributed by atoms with Gasteiger partial charge in [0.1, 0.15) is 17.3 Å².